The van der Waals surface area contributed by atoms with E-state index in [4.69, 9.17) is 0 Å². The van der Waals surface area contributed by atoms with Gasteiger partial charge in [0.15, 0.2) is 0 Å². The average molecular weight is 306 g/mol. The van der Waals surface area contributed by atoms with E-state index in [2.05, 4.69) is 5.32 Å². The van der Waals surface area contributed by atoms with Crippen molar-refractivity contribution in [2.75, 3.05) is 18.4 Å². The molecule has 0 spiro atoms. The number of carbonyl (C=O) groups is 2. The summed E-state index contributed by atoms with van der Waals surface area (Å²) < 4.78 is 12.7. The molecule has 2 rings (SSSR count). The second-order valence-corrected chi connectivity index (χ2v) is 5.40. The number of nitrogens with zero attached hydrogens (tertiary/aromatic N) is 1. The molecule has 1 aromatic carbocycles. The van der Waals surface area contributed by atoms with Gasteiger partial charge in [-0.25, -0.2) is 4.39 Å². The molecule has 1 heterocycles. The zero-order valence-electron chi connectivity index (χ0n) is 12.3. The van der Waals surface area contributed by atoms with E-state index in [-0.39, 0.29) is 17.6 Å². The predicted octanol–water partition coefficient (Wildman–Crippen LogP) is 1.55. The van der Waals surface area contributed by atoms with E-state index < -0.39 is 12.0 Å². The van der Waals surface area contributed by atoms with E-state index in [1.165, 1.54) is 30.3 Å². The van der Waals surface area contributed by atoms with Gasteiger partial charge in [0.25, 0.3) is 0 Å². The summed E-state index contributed by atoms with van der Waals surface area (Å²) in [6.07, 6.45) is 2.69. The lowest BCUT2D eigenvalue weighted by molar-refractivity contribution is -0.125. The molecule has 1 aliphatic rings. The number of likely N-dealkylation sites (tertiary alicyclic amines) is 1. The van der Waals surface area contributed by atoms with Crippen LogP contribution in [0.15, 0.2) is 36.4 Å². The summed E-state index contributed by atoms with van der Waals surface area (Å²) >= 11 is 0. The molecule has 1 aliphatic heterocycles. The molecule has 0 saturated carbocycles. The monoisotopic (exact) mass is 306 g/mol. The lowest BCUT2D eigenvalue weighted by Crippen LogP contribution is -2.29. The molecular formula is C16H19FN2O3. The van der Waals surface area contributed by atoms with Crippen molar-refractivity contribution in [2.24, 2.45) is 5.92 Å². The number of nitrogens with one attached hydrogen (secondary N) is 1. The van der Waals surface area contributed by atoms with Gasteiger partial charge in [-0.15, -0.1) is 0 Å². The van der Waals surface area contributed by atoms with Crippen LogP contribution in [0.4, 0.5) is 10.1 Å². The average Bonchev–Trinajstić information content (AvgIpc) is 2.97. The van der Waals surface area contributed by atoms with Crippen LogP contribution in [-0.4, -0.2) is 41.0 Å². The standard InChI is InChI=1S/C16H19FN2O3/c1-11(20)12-8-9-19(10-12)16(22)7-6-15(21)18-14-4-2-13(17)3-5-14/h2-7,11-12,20H,8-10H2,1H3,(H,18,21)/b7-6+. The van der Waals surface area contributed by atoms with E-state index in [1.54, 1.807) is 11.8 Å². The number of amides is 2. The summed E-state index contributed by atoms with van der Waals surface area (Å²) in [5, 5.41) is 12.0. The summed E-state index contributed by atoms with van der Waals surface area (Å²) in [6.45, 7) is 2.80. The number of carbonyl (C=O) groups excluding carboxylic acids is 2. The van der Waals surface area contributed by atoms with Crippen molar-refractivity contribution in [1.82, 2.24) is 4.90 Å². The Hall–Kier alpha value is -2.21. The van der Waals surface area contributed by atoms with Gasteiger partial charge in [-0.2, -0.15) is 0 Å². The van der Waals surface area contributed by atoms with Crippen LogP contribution in [0.2, 0.25) is 0 Å². The molecule has 2 unspecified atom stereocenters. The van der Waals surface area contributed by atoms with E-state index in [1.807, 2.05) is 0 Å². The van der Waals surface area contributed by atoms with E-state index in [9.17, 15) is 19.1 Å². The maximum Gasteiger partial charge on any atom is 0.248 e. The number of hydrogen-bond acceptors (Lipinski definition) is 3. The third kappa shape index (κ3) is 4.39. The summed E-state index contributed by atoms with van der Waals surface area (Å²) in [6, 6.07) is 5.36. The highest BCUT2D eigenvalue weighted by Gasteiger charge is 2.27. The van der Waals surface area contributed by atoms with Crippen molar-refractivity contribution < 1.29 is 19.1 Å². The summed E-state index contributed by atoms with van der Waals surface area (Å²) in [7, 11) is 0. The van der Waals surface area contributed by atoms with Gasteiger partial charge in [0.05, 0.1) is 6.10 Å². The zero-order chi connectivity index (χ0) is 16.1. The first-order chi connectivity index (χ1) is 10.5. The van der Waals surface area contributed by atoms with Gasteiger partial charge in [-0.3, -0.25) is 9.59 Å². The maximum absolute atomic E-state index is 12.7. The molecule has 1 aromatic rings. The van der Waals surface area contributed by atoms with E-state index in [0.29, 0.717) is 18.8 Å². The fourth-order valence-electron chi connectivity index (χ4n) is 2.35. The minimum atomic E-state index is -0.453. The Morgan fingerprint density at radius 2 is 2.05 bits per heavy atom. The summed E-state index contributed by atoms with van der Waals surface area (Å²) in [5.41, 5.74) is 0.457. The first-order valence-electron chi connectivity index (χ1n) is 7.17. The smallest absolute Gasteiger partial charge is 0.248 e. The van der Waals surface area contributed by atoms with Crippen molar-refractivity contribution in [3.8, 4) is 0 Å². The highest BCUT2D eigenvalue weighted by Crippen LogP contribution is 2.19. The molecule has 6 heteroatoms. The number of hydrogen-bond donors (Lipinski definition) is 2. The molecule has 1 saturated heterocycles. The van der Waals surface area contributed by atoms with Crippen molar-refractivity contribution in [2.45, 2.75) is 19.4 Å². The quantitative estimate of drug-likeness (QED) is 0.829. The minimum absolute atomic E-state index is 0.0883. The minimum Gasteiger partial charge on any atom is -0.393 e. The Morgan fingerprint density at radius 1 is 1.36 bits per heavy atom. The normalized spacial score (nSPS) is 19.4. The lowest BCUT2D eigenvalue weighted by atomic mass is 10.0. The van der Waals surface area contributed by atoms with Crippen molar-refractivity contribution in [3.05, 3.63) is 42.2 Å². The Balaban J connectivity index is 1.84. The first-order valence-corrected chi connectivity index (χ1v) is 7.17. The molecular weight excluding hydrogens is 287 g/mol. The van der Waals surface area contributed by atoms with Gasteiger partial charge in [0, 0.05) is 36.8 Å². The largest absolute Gasteiger partial charge is 0.393 e. The Labute approximate surface area is 128 Å². The lowest BCUT2D eigenvalue weighted by Gasteiger charge is -2.15. The van der Waals surface area contributed by atoms with Gasteiger partial charge < -0.3 is 15.3 Å². The van der Waals surface area contributed by atoms with Crippen LogP contribution >= 0.6 is 0 Å². The molecule has 0 bridgehead atoms. The highest BCUT2D eigenvalue weighted by molar-refractivity contribution is 6.03. The van der Waals surface area contributed by atoms with Crippen molar-refractivity contribution in [3.63, 3.8) is 0 Å². The van der Waals surface area contributed by atoms with Gasteiger partial charge in [0.2, 0.25) is 11.8 Å². The maximum atomic E-state index is 12.7. The molecule has 2 atom stereocenters. The summed E-state index contributed by atoms with van der Waals surface area (Å²) in [5.74, 6) is -1.00. The zero-order valence-corrected chi connectivity index (χ0v) is 12.3. The van der Waals surface area contributed by atoms with E-state index in [0.717, 1.165) is 12.5 Å². The number of aliphatic hydroxyl groups excluding tert-OH is 1. The van der Waals surface area contributed by atoms with Gasteiger partial charge in [-0.1, -0.05) is 0 Å². The number of aliphatic hydroxyl groups is 1. The van der Waals surface area contributed by atoms with Crippen molar-refractivity contribution >= 4 is 17.5 Å². The molecule has 2 amide bonds. The molecule has 22 heavy (non-hydrogen) atoms. The van der Waals surface area contributed by atoms with E-state index >= 15 is 0 Å². The number of rotatable bonds is 4. The van der Waals surface area contributed by atoms with Gasteiger partial charge in [0.1, 0.15) is 5.82 Å². The van der Waals surface area contributed by atoms with Gasteiger partial charge in [-0.05, 0) is 37.6 Å². The SMILES string of the molecule is CC(O)C1CCN(C(=O)/C=C/C(=O)Nc2ccc(F)cc2)C1. The predicted molar refractivity (Wildman–Crippen MR) is 80.5 cm³/mol. The molecule has 1 fully saturated rings. The van der Waals surface area contributed by atoms with Gasteiger partial charge >= 0.3 is 0 Å². The fourth-order valence-corrected chi connectivity index (χ4v) is 2.35. The first kappa shape index (κ1) is 16.2. The van der Waals surface area contributed by atoms with Crippen LogP contribution in [0.1, 0.15) is 13.3 Å². The summed E-state index contributed by atoms with van der Waals surface area (Å²) in [4.78, 5) is 25.2. The number of benzene rings is 1. The molecule has 5 nitrogen and oxygen atoms in total. The Bertz CT molecular complexity index is 569. The molecule has 0 aliphatic carbocycles. The van der Waals surface area contributed by atoms with Crippen molar-refractivity contribution in [1.29, 1.82) is 0 Å². The number of halogens is 1. The second kappa shape index (κ2) is 7.17. The fraction of sp³-hybridized carbons (Fsp3) is 0.375. The topological polar surface area (TPSA) is 69.6 Å². The third-order valence-electron chi connectivity index (χ3n) is 3.71. The molecule has 118 valence electrons. The molecule has 0 aromatic heterocycles. The second-order valence-electron chi connectivity index (χ2n) is 5.40. The molecule has 2 N–H and O–H groups in total. The van der Waals surface area contributed by atoms with Crippen LogP contribution in [0, 0.1) is 11.7 Å². The number of anilines is 1. The Kier molecular flexibility index (Phi) is 5.27. The van der Waals surface area contributed by atoms with Crippen LogP contribution in [0.3, 0.4) is 0 Å². The van der Waals surface area contributed by atoms with Crippen LogP contribution in [0.5, 0.6) is 0 Å². The van der Waals surface area contributed by atoms with Crippen LogP contribution in [-0.2, 0) is 9.59 Å². The Morgan fingerprint density at radius 3 is 2.64 bits per heavy atom. The highest BCUT2D eigenvalue weighted by atomic mass is 19.1. The van der Waals surface area contributed by atoms with Crippen LogP contribution < -0.4 is 5.32 Å². The van der Waals surface area contributed by atoms with Crippen LogP contribution in [0.25, 0.3) is 0 Å². The molecule has 0 radical (unpaired) electrons. The third-order valence-corrected chi connectivity index (χ3v) is 3.71.